The summed E-state index contributed by atoms with van der Waals surface area (Å²) >= 11 is 1.41. The monoisotopic (exact) mass is 262 g/mol. The highest BCUT2D eigenvalue weighted by Gasteiger charge is 2.33. The van der Waals surface area contributed by atoms with Crippen molar-refractivity contribution in [1.29, 1.82) is 0 Å². The van der Waals surface area contributed by atoms with E-state index < -0.39 is 5.97 Å². The van der Waals surface area contributed by atoms with E-state index in [0.29, 0.717) is 0 Å². The minimum Gasteiger partial charge on any atom is -0.481 e. The average Bonchev–Trinajstić information content (AvgIpc) is 2.97. The largest absolute Gasteiger partial charge is 0.481 e. The van der Waals surface area contributed by atoms with Gasteiger partial charge in [0.05, 0.1) is 11.4 Å². The molecule has 94 valence electrons. The number of carboxylic acid groups (broad SMARTS) is 1. The van der Waals surface area contributed by atoms with E-state index >= 15 is 0 Å². The van der Waals surface area contributed by atoms with Crippen LogP contribution in [0.25, 0.3) is 10.9 Å². The maximum Gasteiger partial charge on any atom is 0.308 e. The van der Waals surface area contributed by atoms with E-state index in [2.05, 4.69) is 9.69 Å². The first-order valence-corrected chi connectivity index (χ1v) is 6.87. The van der Waals surface area contributed by atoms with Gasteiger partial charge in [0.1, 0.15) is 5.00 Å². The lowest BCUT2D eigenvalue weighted by molar-refractivity contribution is -0.141. The van der Waals surface area contributed by atoms with Gasteiger partial charge in [-0.1, -0.05) is 18.6 Å². The van der Waals surface area contributed by atoms with Crippen LogP contribution in [0.4, 0.5) is 5.00 Å². The molecule has 18 heavy (non-hydrogen) atoms. The van der Waals surface area contributed by atoms with E-state index in [-0.39, 0.29) is 12.0 Å². The molecule has 2 N–H and O–H groups in total. The number of fused-ring (bicyclic) bond motifs is 1. The molecule has 1 saturated carbocycles. The number of hydrogen-bond acceptors (Lipinski definition) is 4. The summed E-state index contributed by atoms with van der Waals surface area (Å²) in [4.78, 5) is 11.2. The minimum absolute atomic E-state index is 0.0337. The standard InChI is InChI=1S/C13H14N2O2S/c16-13(17)9-5-3-7-10(9)14-12-8-4-1-2-6-11(8)15-18-12/h1-2,4,6,9-10,14H,3,5,7H2,(H,16,17). The Balaban J connectivity index is 1.86. The van der Waals surface area contributed by atoms with Crippen LogP contribution in [0.3, 0.4) is 0 Å². The third-order valence-corrected chi connectivity index (χ3v) is 4.34. The summed E-state index contributed by atoms with van der Waals surface area (Å²) < 4.78 is 4.36. The Morgan fingerprint density at radius 1 is 1.39 bits per heavy atom. The van der Waals surface area contributed by atoms with Crippen molar-refractivity contribution in [3.05, 3.63) is 24.3 Å². The van der Waals surface area contributed by atoms with Crippen molar-refractivity contribution in [2.75, 3.05) is 5.32 Å². The Hall–Kier alpha value is -1.62. The van der Waals surface area contributed by atoms with Crippen LogP contribution >= 0.6 is 11.5 Å². The number of anilines is 1. The topological polar surface area (TPSA) is 62.2 Å². The summed E-state index contributed by atoms with van der Waals surface area (Å²) in [6, 6.07) is 7.96. The third kappa shape index (κ3) is 1.95. The van der Waals surface area contributed by atoms with E-state index in [9.17, 15) is 9.90 Å². The molecular formula is C13H14N2O2S. The third-order valence-electron chi connectivity index (χ3n) is 3.53. The lowest BCUT2D eigenvalue weighted by Gasteiger charge is -2.17. The van der Waals surface area contributed by atoms with Gasteiger partial charge in [0, 0.05) is 11.4 Å². The summed E-state index contributed by atoms with van der Waals surface area (Å²) in [5, 5.41) is 14.6. The molecule has 1 aliphatic rings. The Bertz CT molecular complexity index is 581. The van der Waals surface area contributed by atoms with E-state index in [1.807, 2.05) is 24.3 Å². The molecule has 0 amide bonds. The maximum atomic E-state index is 11.2. The van der Waals surface area contributed by atoms with Crippen LogP contribution in [0.2, 0.25) is 0 Å². The summed E-state index contributed by atoms with van der Waals surface area (Å²) in [5.41, 5.74) is 0.967. The summed E-state index contributed by atoms with van der Waals surface area (Å²) in [7, 11) is 0. The highest BCUT2D eigenvalue weighted by molar-refractivity contribution is 7.11. The van der Waals surface area contributed by atoms with Gasteiger partial charge in [0.15, 0.2) is 0 Å². The molecule has 5 heteroatoms. The number of aliphatic carboxylic acids is 1. The van der Waals surface area contributed by atoms with E-state index in [1.165, 1.54) is 11.5 Å². The zero-order valence-electron chi connectivity index (χ0n) is 9.80. The molecule has 0 spiro atoms. The predicted molar refractivity (Wildman–Crippen MR) is 72.0 cm³/mol. The quantitative estimate of drug-likeness (QED) is 0.892. The second kappa shape index (κ2) is 4.57. The number of carbonyl (C=O) groups is 1. The molecule has 1 aromatic heterocycles. The number of nitrogens with zero attached hydrogens (tertiary/aromatic N) is 1. The van der Waals surface area contributed by atoms with Gasteiger partial charge < -0.3 is 10.4 Å². The normalized spacial score (nSPS) is 23.3. The number of hydrogen-bond donors (Lipinski definition) is 2. The molecule has 1 fully saturated rings. The summed E-state index contributed by atoms with van der Waals surface area (Å²) in [6.07, 6.45) is 2.66. The van der Waals surface area contributed by atoms with Crippen molar-refractivity contribution in [2.24, 2.45) is 5.92 Å². The fourth-order valence-corrected chi connectivity index (χ4v) is 3.41. The fourth-order valence-electron chi connectivity index (χ4n) is 2.59. The first-order chi connectivity index (χ1) is 8.75. The van der Waals surface area contributed by atoms with Crippen LogP contribution in [0, 0.1) is 5.92 Å². The molecule has 0 radical (unpaired) electrons. The summed E-state index contributed by atoms with van der Waals surface area (Å²) in [6.45, 7) is 0. The lowest BCUT2D eigenvalue weighted by atomic mass is 10.0. The van der Waals surface area contributed by atoms with Crippen molar-refractivity contribution in [3.8, 4) is 0 Å². The number of carboxylic acids is 1. The van der Waals surface area contributed by atoms with Gasteiger partial charge in [-0.25, -0.2) is 0 Å². The lowest BCUT2D eigenvalue weighted by Crippen LogP contribution is -2.29. The van der Waals surface area contributed by atoms with Crippen molar-refractivity contribution >= 4 is 33.4 Å². The maximum absolute atomic E-state index is 11.2. The average molecular weight is 262 g/mol. The number of aromatic nitrogens is 1. The minimum atomic E-state index is -0.696. The molecule has 4 nitrogen and oxygen atoms in total. The molecule has 1 aromatic carbocycles. The fraction of sp³-hybridized carbons (Fsp3) is 0.385. The van der Waals surface area contributed by atoms with E-state index in [4.69, 9.17) is 0 Å². The number of nitrogens with one attached hydrogen (secondary N) is 1. The first kappa shape index (κ1) is 11.5. The van der Waals surface area contributed by atoms with Gasteiger partial charge >= 0.3 is 5.97 Å². The van der Waals surface area contributed by atoms with Crippen molar-refractivity contribution in [1.82, 2.24) is 4.37 Å². The Morgan fingerprint density at radius 2 is 2.22 bits per heavy atom. The van der Waals surface area contributed by atoms with Crippen LogP contribution in [-0.4, -0.2) is 21.5 Å². The smallest absolute Gasteiger partial charge is 0.308 e. The van der Waals surface area contributed by atoms with Crippen LogP contribution in [0.15, 0.2) is 24.3 Å². The SMILES string of the molecule is O=C(O)C1CCCC1Nc1snc2ccccc12. The second-order valence-electron chi connectivity index (χ2n) is 4.66. The van der Waals surface area contributed by atoms with Crippen LogP contribution in [0.1, 0.15) is 19.3 Å². The molecule has 1 heterocycles. The van der Waals surface area contributed by atoms with Gasteiger partial charge in [-0.15, -0.1) is 0 Å². The van der Waals surface area contributed by atoms with Crippen molar-refractivity contribution in [2.45, 2.75) is 25.3 Å². The zero-order chi connectivity index (χ0) is 12.5. The van der Waals surface area contributed by atoms with Gasteiger partial charge in [-0.05, 0) is 36.5 Å². The molecule has 2 unspecified atom stereocenters. The summed E-state index contributed by atoms with van der Waals surface area (Å²) in [5.74, 6) is -0.968. The van der Waals surface area contributed by atoms with Crippen LogP contribution in [0.5, 0.6) is 0 Å². The highest BCUT2D eigenvalue weighted by Crippen LogP contribution is 2.33. The number of benzene rings is 1. The van der Waals surface area contributed by atoms with Crippen molar-refractivity contribution in [3.63, 3.8) is 0 Å². The van der Waals surface area contributed by atoms with Crippen molar-refractivity contribution < 1.29 is 9.90 Å². The zero-order valence-corrected chi connectivity index (χ0v) is 10.6. The second-order valence-corrected chi connectivity index (χ2v) is 5.43. The Kier molecular flexibility index (Phi) is 2.91. The van der Waals surface area contributed by atoms with Crippen LogP contribution < -0.4 is 5.32 Å². The van der Waals surface area contributed by atoms with Gasteiger partial charge in [0.25, 0.3) is 0 Å². The van der Waals surface area contributed by atoms with Crippen LogP contribution in [-0.2, 0) is 4.79 Å². The Labute approximate surface area is 109 Å². The van der Waals surface area contributed by atoms with E-state index in [1.54, 1.807) is 0 Å². The molecular weight excluding hydrogens is 248 g/mol. The molecule has 0 aliphatic heterocycles. The molecule has 2 atom stereocenters. The molecule has 1 aliphatic carbocycles. The van der Waals surface area contributed by atoms with Gasteiger partial charge in [-0.3, -0.25) is 4.79 Å². The van der Waals surface area contributed by atoms with Gasteiger partial charge in [0.2, 0.25) is 0 Å². The molecule has 2 aromatic rings. The first-order valence-electron chi connectivity index (χ1n) is 6.09. The number of rotatable bonds is 3. The molecule has 3 rings (SSSR count). The van der Waals surface area contributed by atoms with Gasteiger partial charge in [-0.2, -0.15) is 4.37 Å². The molecule has 0 bridgehead atoms. The predicted octanol–water partition coefficient (Wildman–Crippen LogP) is 2.96. The highest BCUT2D eigenvalue weighted by atomic mass is 32.1. The molecule has 0 saturated heterocycles. The Morgan fingerprint density at radius 3 is 3.06 bits per heavy atom. The van der Waals surface area contributed by atoms with E-state index in [0.717, 1.165) is 35.2 Å².